The van der Waals surface area contributed by atoms with Gasteiger partial charge in [-0.1, -0.05) is 13.0 Å². The summed E-state index contributed by atoms with van der Waals surface area (Å²) in [5, 5.41) is 1.48. The molecule has 1 aliphatic rings. The first kappa shape index (κ1) is 23.3. The number of anilines is 3. The Kier molecular flexibility index (Phi) is 7.47. The summed E-state index contributed by atoms with van der Waals surface area (Å²) in [4.78, 5) is 36.4. The third-order valence-corrected chi connectivity index (χ3v) is 5.80. The van der Waals surface area contributed by atoms with E-state index in [0.29, 0.717) is 42.6 Å². The number of hydrogen-bond acceptors (Lipinski definition) is 8. The van der Waals surface area contributed by atoms with Gasteiger partial charge in [0.2, 0.25) is 11.9 Å². The molecule has 0 radical (unpaired) electrons. The molecular weight excluding hydrogens is 408 g/mol. The molecule has 0 spiro atoms. The van der Waals surface area contributed by atoms with E-state index in [1.165, 1.54) is 17.4 Å². The standard InChI is InChI=1S/C22H32N8O2/c1-3-20(31)30(14-16-4-5-18(23)19(10-16)28(2)25)13-15-6-8-29(9-7-15)22-26-11-17(12-27-22)21(24)32/h4-5,10-12,15H,3,6-9,13-14,23,25H2,1-2H3,(H2,24,32). The predicted octanol–water partition coefficient (Wildman–Crippen LogP) is 1.12. The number of piperidine rings is 1. The Hall–Kier alpha value is -3.40. The summed E-state index contributed by atoms with van der Waals surface area (Å²) < 4.78 is 0. The second-order valence-corrected chi connectivity index (χ2v) is 8.20. The lowest BCUT2D eigenvalue weighted by atomic mass is 9.96. The molecule has 6 N–H and O–H groups in total. The van der Waals surface area contributed by atoms with Gasteiger partial charge < -0.3 is 26.3 Å². The van der Waals surface area contributed by atoms with Crippen molar-refractivity contribution >= 4 is 29.1 Å². The predicted molar refractivity (Wildman–Crippen MR) is 125 cm³/mol. The van der Waals surface area contributed by atoms with Crippen molar-refractivity contribution in [3.63, 3.8) is 0 Å². The van der Waals surface area contributed by atoms with E-state index in [1.54, 1.807) is 7.05 Å². The van der Waals surface area contributed by atoms with Gasteiger partial charge in [0.25, 0.3) is 5.91 Å². The molecule has 1 aromatic heterocycles. The van der Waals surface area contributed by atoms with E-state index >= 15 is 0 Å². The van der Waals surface area contributed by atoms with Gasteiger partial charge in [0.1, 0.15) is 0 Å². The number of nitrogens with two attached hydrogens (primary N) is 3. The van der Waals surface area contributed by atoms with Crippen molar-refractivity contribution < 1.29 is 9.59 Å². The highest BCUT2D eigenvalue weighted by atomic mass is 16.2. The quantitative estimate of drug-likeness (QED) is 0.314. The summed E-state index contributed by atoms with van der Waals surface area (Å²) in [6.45, 7) is 4.68. The second-order valence-electron chi connectivity index (χ2n) is 8.20. The van der Waals surface area contributed by atoms with Gasteiger partial charge in [-0.05, 0) is 36.5 Å². The number of benzene rings is 1. The molecule has 0 atom stereocenters. The Labute approximate surface area is 188 Å². The van der Waals surface area contributed by atoms with Crippen LogP contribution in [0.4, 0.5) is 17.3 Å². The molecule has 1 aliphatic heterocycles. The third kappa shape index (κ3) is 5.64. The average molecular weight is 441 g/mol. The zero-order chi connectivity index (χ0) is 23.3. The Morgan fingerprint density at radius 1 is 1.19 bits per heavy atom. The number of nitrogens with zero attached hydrogens (tertiary/aromatic N) is 5. The van der Waals surface area contributed by atoms with Crippen molar-refractivity contribution in [3.8, 4) is 0 Å². The maximum Gasteiger partial charge on any atom is 0.251 e. The minimum absolute atomic E-state index is 0.122. The molecule has 172 valence electrons. The second kappa shape index (κ2) is 10.3. The molecule has 0 unspecified atom stereocenters. The Morgan fingerprint density at radius 3 is 2.41 bits per heavy atom. The van der Waals surface area contributed by atoms with Crippen LogP contribution in [0.25, 0.3) is 0 Å². The van der Waals surface area contributed by atoms with E-state index in [4.69, 9.17) is 17.3 Å². The van der Waals surface area contributed by atoms with Crippen molar-refractivity contribution in [2.45, 2.75) is 32.7 Å². The van der Waals surface area contributed by atoms with E-state index < -0.39 is 5.91 Å². The maximum atomic E-state index is 12.6. The maximum absolute atomic E-state index is 12.6. The van der Waals surface area contributed by atoms with Crippen LogP contribution in [0, 0.1) is 5.92 Å². The molecular formula is C22H32N8O2. The molecule has 1 fully saturated rings. The summed E-state index contributed by atoms with van der Waals surface area (Å²) in [6, 6.07) is 5.69. The lowest BCUT2D eigenvalue weighted by molar-refractivity contribution is -0.132. The SMILES string of the molecule is CCC(=O)N(Cc1ccc(N)c(N(C)N)c1)CC1CCN(c2ncc(C(N)=O)cn2)CC1. The highest BCUT2D eigenvalue weighted by molar-refractivity contribution is 5.92. The number of carbonyl (C=O) groups excluding carboxylic acids is 2. The van der Waals surface area contributed by atoms with Crippen LogP contribution in [-0.4, -0.2) is 53.4 Å². The topological polar surface area (TPSA) is 148 Å². The molecule has 32 heavy (non-hydrogen) atoms. The van der Waals surface area contributed by atoms with Crippen LogP contribution in [0.3, 0.4) is 0 Å². The molecule has 1 saturated heterocycles. The normalized spacial score (nSPS) is 14.3. The number of hydrogen-bond donors (Lipinski definition) is 3. The van der Waals surface area contributed by atoms with Crippen molar-refractivity contribution in [3.05, 3.63) is 41.7 Å². The molecule has 0 bridgehead atoms. The molecule has 2 aromatic rings. The lowest BCUT2D eigenvalue weighted by Gasteiger charge is -2.35. The van der Waals surface area contributed by atoms with Crippen molar-refractivity contribution in [1.82, 2.24) is 14.9 Å². The molecule has 10 nitrogen and oxygen atoms in total. The zero-order valence-corrected chi connectivity index (χ0v) is 18.7. The number of nitrogen functional groups attached to an aromatic ring is 1. The van der Waals surface area contributed by atoms with Crippen LogP contribution in [-0.2, 0) is 11.3 Å². The summed E-state index contributed by atoms with van der Waals surface area (Å²) in [5.74, 6) is 6.43. The van der Waals surface area contributed by atoms with Gasteiger partial charge in [0, 0.05) is 52.0 Å². The van der Waals surface area contributed by atoms with Gasteiger partial charge in [-0.3, -0.25) is 9.59 Å². The van der Waals surface area contributed by atoms with Crippen LogP contribution in [0.5, 0.6) is 0 Å². The van der Waals surface area contributed by atoms with Crippen molar-refractivity contribution in [2.75, 3.05) is 42.3 Å². The molecule has 2 amide bonds. The number of carbonyl (C=O) groups is 2. The van der Waals surface area contributed by atoms with Gasteiger partial charge in [0.15, 0.2) is 0 Å². The number of aromatic nitrogens is 2. The van der Waals surface area contributed by atoms with Gasteiger partial charge in [-0.25, -0.2) is 15.8 Å². The highest BCUT2D eigenvalue weighted by Crippen LogP contribution is 2.25. The van der Waals surface area contributed by atoms with Crippen LogP contribution >= 0.6 is 0 Å². The third-order valence-electron chi connectivity index (χ3n) is 5.80. The Morgan fingerprint density at radius 2 is 1.84 bits per heavy atom. The van der Waals surface area contributed by atoms with Gasteiger partial charge >= 0.3 is 0 Å². The number of primary amides is 1. The first-order chi connectivity index (χ1) is 15.3. The summed E-state index contributed by atoms with van der Waals surface area (Å²) in [7, 11) is 1.74. The highest BCUT2D eigenvalue weighted by Gasteiger charge is 2.25. The fraction of sp³-hybridized carbons (Fsp3) is 0.455. The number of rotatable bonds is 8. The van der Waals surface area contributed by atoms with Gasteiger partial charge in [-0.2, -0.15) is 0 Å². The van der Waals surface area contributed by atoms with Crippen LogP contribution in [0.15, 0.2) is 30.6 Å². The largest absolute Gasteiger partial charge is 0.397 e. The van der Waals surface area contributed by atoms with E-state index in [0.717, 1.165) is 37.2 Å². The monoisotopic (exact) mass is 440 g/mol. The van der Waals surface area contributed by atoms with Crippen LogP contribution < -0.4 is 27.2 Å². The van der Waals surface area contributed by atoms with Crippen LogP contribution in [0.2, 0.25) is 0 Å². The number of hydrazine groups is 1. The Balaban J connectivity index is 1.62. The molecule has 3 rings (SSSR count). The lowest BCUT2D eigenvalue weighted by Crippen LogP contribution is -2.41. The zero-order valence-electron chi connectivity index (χ0n) is 18.7. The number of amides is 2. The molecule has 0 aliphatic carbocycles. The van der Waals surface area contributed by atoms with Crippen LogP contribution in [0.1, 0.15) is 42.1 Å². The minimum Gasteiger partial charge on any atom is -0.397 e. The van der Waals surface area contributed by atoms with Gasteiger partial charge in [0.05, 0.1) is 16.9 Å². The summed E-state index contributed by atoms with van der Waals surface area (Å²) in [6.07, 6.45) is 5.22. The summed E-state index contributed by atoms with van der Waals surface area (Å²) in [5.41, 5.74) is 13.9. The molecule has 2 heterocycles. The fourth-order valence-corrected chi connectivity index (χ4v) is 3.93. The van der Waals surface area contributed by atoms with Crippen molar-refractivity contribution in [2.24, 2.45) is 17.5 Å². The summed E-state index contributed by atoms with van der Waals surface area (Å²) >= 11 is 0. The van der Waals surface area contributed by atoms with E-state index in [1.807, 2.05) is 30.0 Å². The minimum atomic E-state index is -0.540. The van der Waals surface area contributed by atoms with Gasteiger partial charge in [-0.15, -0.1) is 0 Å². The van der Waals surface area contributed by atoms with E-state index in [-0.39, 0.29) is 5.91 Å². The molecule has 0 saturated carbocycles. The average Bonchev–Trinajstić information content (AvgIpc) is 2.79. The first-order valence-corrected chi connectivity index (χ1v) is 10.8. The van der Waals surface area contributed by atoms with E-state index in [2.05, 4.69) is 14.9 Å². The van der Waals surface area contributed by atoms with E-state index in [9.17, 15) is 9.59 Å². The fourth-order valence-electron chi connectivity index (χ4n) is 3.93. The Bertz CT molecular complexity index is 939. The molecule has 1 aromatic carbocycles. The van der Waals surface area contributed by atoms with Crippen molar-refractivity contribution in [1.29, 1.82) is 0 Å². The smallest absolute Gasteiger partial charge is 0.251 e. The first-order valence-electron chi connectivity index (χ1n) is 10.8. The molecule has 10 heteroatoms.